The van der Waals surface area contributed by atoms with Gasteiger partial charge in [-0.15, -0.1) is 0 Å². The summed E-state index contributed by atoms with van der Waals surface area (Å²) in [5, 5.41) is 3.29. The van der Waals surface area contributed by atoms with Gasteiger partial charge in [0, 0.05) is 0 Å². The Morgan fingerprint density at radius 2 is 1.35 bits per heavy atom. The highest BCUT2D eigenvalue weighted by atomic mass is 28.4. The van der Waals surface area contributed by atoms with Crippen LogP contribution in [-0.2, 0) is 0 Å². The average Bonchev–Trinajstić information content (AvgIpc) is 2.38. The second kappa shape index (κ2) is 3.85. The molecule has 1 aromatic carbocycles. The average molecular weight is 262 g/mol. The summed E-state index contributed by atoms with van der Waals surface area (Å²) < 4.78 is 2.76. The first-order valence-corrected chi connectivity index (χ1v) is 12.2. The molecule has 1 aromatic rings. The van der Waals surface area contributed by atoms with Crippen LogP contribution in [0.2, 0.25) is 26.2 Å². The molecule has 0 saturated carbocycles. The number of rotatable bonds is 1. The molecule has 0 aliphatic carbocycles. The minimum atomic E-state index is -1.47. The van der Waals surface area contributed by atoms with E-state index < -0.39 is 16.5 Å². The third kappa shape index (κ3) is 1.81. The van der Waals surface area contributed by atoms with Crippen molar-refractivity contribution < 1.29 is 0 Å². The fourth-order valence-electron chi connectivity index (χ4n) is 3.09. The van der Waals surface area contributed by atoms with Crippen LogP contribution in [0, 0.1) is 0 Å². The number of benzene rings is 1. The topological polar surface area (TPSA) is 3.24 Å². The molecule has 1 aliphatic heterocycles. The SMILES string of the molecule is CC(C)=CN1[Si](C)(C)c2ccccc2[Si]1(C)C. The Balaban J connectivity index is 2.64. The van der Waals surface area contributed by atoms with Crippen molar-refractivity contribution in [3.8, 4) is 0 Å². The zero-order chi connectivity index (χ0) is 12.8. The first-order chi connectivity index (χ1) is 7.78. The van der Waals surface area contributed by atoms with Crippen molar-refractivity contribution in [1.82, 2.24) is 4.23 Å². The van der Waals surface area contributed by atoms with E-state index in [0.29, 0.717) is 0 Å². The van der Waals surface area contributed by atoms with Crippen LogP contribution < -0.4 is 10.4 Å². The molecule has 0 fully saturated rings. The van der Waals surface area contributed by atoms with E-state index in [9.17, 15) is 0 Å². The van der Waals surface area contributed by atoms with Crippen LogP contribution in [0.4, 0.5) is 0 Å². The molecule has 3 heteroatoms. The molecule has 0 N–H and O–H groups in total. The fourth-order valence-corrected chi connectivity index (χ4v) is 15.4. The monoisotopic (exact) mass is 261 g/mol. The molecule has 0 bridgehead atoms. The normalized spacial score (nSPS) is 20.0. The lowest BCUT2D eigenvalue weighted by Gasteiger charge is -2.39. The van der Waals surface area contributed by atoms with Crippen molar-refractivity contribution in [3.05, 3.63) is 36.0 Å². The number of fused-ring (bicyclic) bond motifs is 1. The van der Waals surface area contributed by atoms with Crippen molar-refractivity contribution in [2.24, 2.45) is 0 Å². The third-order valence-electron chi connectivity index (χ3n) is 3.84. The van der Waals surface area contributed by atoms with Crippen LogP contribution >= 0.6 is 0 Å². The van der Waals surface area contributed by atoms with Crippen LogP contribution in [0.3, 0.4) is 0 Å². The van der Waals surface area contributed by atoms with E-state index in [1.807, 2.05) is 0 Å². The molecular formula is C14H23NSi2. The smallest absolute Gasteiger partial charge is 0.173 e. The van der Waals surface area contributed by atoms with Gasteiger partial charge < -0.3 is 4.23 Å². The van der Waals surface area contributed by atoms with E-state index in [2.05, 4.69) is 74.7 Å². The van der Waals surface area contributed by atoms with Crippen LogP contribution in [0.15, 0.2) is 36.0 Å². The number of nitrogens with zero attached hydrogens (tertiary/aromatic N) is 1. The molecule has 92 valence electrons. The van der Waals surface area contributed by atoms with Crippen LogP contribution in [-0.4, -0.2) is 20.7 Å². The predicted octanol–water partition coefficient (Wildman–Crippen LogP) is 2.75. The quantitative estimate of drug-likeness (QED) is 0.703. The maximum absolute atomic E-state index is 2.76. The second-order valence-electron chi connectivity index (χ2n) is 6.24. The standard InChI is InChI=1S/C14H23NSi2/c1-12(2)11-15-16(3,4)13-9-7-8-10-14(13)17(15,5)6/h7-11H,1-6H3. The van der Waals surface area contributed by atoms with Crippen LogP contribution in [0.1, 0.15) is 13.8 Å². The van der Waals surface area contributed by atoms with Gasteiger partial charge in [0.15, 0.2) is 16.5 Å². The van der Waals surface area contributed by atoms with Gasteiger partial charge in [0.2, 0.25) is 0 Å². The lowest BCUT2D eigenvalue weighted by molar-refractivity contribution is 0.847. The van der Waals surface area contributed by atoms with Crippen molar-refractivity contribution >= 4 is 26.8 Å². The Hall–Kier alpha value is -0.806. The van der Waals surface area contributed by atoms with E-state index in [1.165, 1.54) is 5.57 Å². The van der Waals surface area contributed by atoms with Gasteiger partial charge in [-0.3, -0.25) is 0 Å². The van der Waals surface area contributed by atoms with Crippen LogP contribution in [0.25, 0.3) is 0 Å². The second-order valence-corrected chi connectivity index (χ2v) is 15.0. The molecule has 1 aliphatic rings. The zero-order valence-corrected chi connectivity index (χ0v) is 13.8. The Bertz CT molecular complexity index is 436. The van der Waals surface area contributed by atoms with Crippen molar-refractivity contribution in [2.45, 2.75) is 40.0 Å². The highest BCUT2D eigenvalue weighted by molar-refractivity contribution is 7.10. The molecule has 0 atom stereocenters. The van der Waals surface area contributed by atoms with Gasteiger partial charge in [-0.25, -0.2) is 0 Å². The largest absolute Gasteiger partial charge is 0.424 e. The molecule has 0 saturated heterocycles. The molecule has 0 amide bonds. The van der Waals surface area contributed by atoms with E-state index in [0.717, 1.165) is 0 Å². The Morgan fingerprint density at radius 3 is 1.71 bits per heavy atom. The Kier molecular flexibility index (Phi) is 2.86. The molecule has 17 heavy (non-hydrogen) atoms. The summed E-state index contributed by atoms with van der Waals surface area (Å²) in [6.07, 6.45) is 2.42. The summed E-state index contributed by atoms with van der Waals surface area (Å²) in [4.78, 5) is 0. The minimum Gasteiger partial charge on any atom is -0.424 e. The number of hydrogen-bond acceptors (Lipinski definition) is 1. The van der Waals surface area contributed by atoms with Gasteiger partial charge in [0.05, 0.1) is 0 Å². The molecule has 2 rings (SSSR count). The lowest BCUT2D eigenvalue weighted by atomic mass is 10.4. The van der Waals surface area contributed by atoms with Crippen LogP contribution in [0.5, 0.6) is 0 Å². The zero-order valence-electron chi connectivity index (χ0n) is 11.8. The first-order valence-electron chi connectivity index (χ1n) is 6.32. The molecule has 1 heterocycles. The molecule has 1 nitrogen and oxygen atoms in total. The van der Waals surface area contributed by atoms with E-state index in [-0.39, 0.29) is 0 Å². The third-order valence-corrected chi connectivity index (χ3v) is 13.6. The maximum Gasteiger partial charge on any atom is 0.173 e. The first kappa shape index (κ1) is 12.6. The number of hydrogen-bond donors (Lipinski definition) is 0. The summed E-state index contributed by atoms with van der Waals surface area (Å²) in [7, 11) is -2.94. The van der Waals surface area contributed by atoms with E-state index in [4.69, 9.17) is 0 Å². The molecule has 0 unspecified atom stereocenters. The lowest BCUT2D eigenvalue weighted by Crippen LogP contribution is -2.57. The van der Waals surface area contributed by atoms with Crippen molar-refractivity contribution in [2.75, 3.05) is 0 Å². The van der Waals surface area contributed by atoms with E-state index >= 15 is 0 Å². The summed E-state index contributed by atoms with van der Waals surface area (Å²) in [5.74, 6) is 0. The minimum absolute atomic E-state index is 1.42. The maximum atomic E-state index is 2.76. The molecule has 0 spiro atoms. The van der Waals surface area contributed by atoms with Gasteiger partial charge in [-0.05, 0) is 56.6 Å². The highest BCUT2D eigenvalue weighted by Gasteiger charge is 2.50. The highest BCUT2D eigenvalue weighted by Crippen LogP contribution is 2.26. The molecule has 0 radical (unpaired) electrons. The van der Waals surface area contributed by atoms with E-state index in [1.54, 1.807) is 10.4 Å². The Morgan fingerprint density at radius 1 is 0.941 bits per heavy atom. The predicted molar refractivity (Wildman–Crippen MR) is 81.9 cm³/mol. The summed E-state index contributed by atoms with van der Waals surface area (Å²) in [6.45, 7) is 14.3. The Labute approximate surface area is 107 Å². The van der Waals surface area contributed by atoms with Gasteiger partial charge in [0.1, 0.15) is 0 Å². The van der Waals surface area contributed by atoms with Crippen molar-refractivity contribution in [1.29, 1.82) is 0 Å². The van der Waals surface area contributed by atoms with Gasteiger partial charge in [-0.1, -0.05) is 29.8 Å². The number of allylic oxidation sites excluding steroid dienone is 1. The summed E-state index contributed by atoms with van der Waals surface area (Å²) in [6, 6.07) is 9.11. The summed E-state index contributed by atoms with van der Waals surface area (Å²) >= 11 is 0. The summed E-state index contributed by atoms with van der Waals surface area (Å²) in [5.41, 5.74) is 1.42. The molecule has 0 aromatic heterocycles. The van der Waals surface area contributed by atoms with Crippen molar-refractivity contribution in [3.63, 3.8) is 0 Å². The fraction of sp³-hybridized carbons (Fsp3) is 0.429. The van der Waals surface area contributed by atoms with Gasteiger partial charge >= 0.3 is 0 Å². The molecular weight excluding hydrogens is 238 g/mol. The van der Waals surface area contributed by atoms with Gasteiger partial charge in [0.25, 0.3) is 0 Å². The van der Waals surface area contributed by atoms with Gasteiger partial charge in [-0.2, -0.15) is 0 Å².